The van der Waals surface area contributed by atoms with Crippen molar-refractivity contribution in [1.82, 2.24) is 0 Å². The van der Waals surface area contributed by atoms with E-state index >= 15 is 0 Å². The van der Waals surface area contributed by atoms with Crippen LogP contribution in [0, 0.1) is 0 Å². The van der Waals surface area contributed by atoms with E-state index in [0.29, 0.717) is 0 Å². The Kier molecular flexibility index (Phi) is 2.89. The molecule has 0 radical (unpaired) electrons. The first-order valence-electron chi connectivity index (χ1n) is 3.17. The summed E-state index contributed by atoms with van der Waals surface area (Å²) in [5.41, 5.74) is 6.95. The van der Waals surface area contributed by atoms with Crippen molar-refractivity contribution in [3.63, 3.8) is 0 Å². The molecule has 0 saturated heterocycles. The van der Waals surface area contributed by atoms with Gasteiger partial charge in [-0.3, -0.25) is 0 Å². The van der Waals surface area contributed by atoms with Crippen LogP contribution in [0.4, 0.5) is 0 Å². The van der Waals surface area contributed by atoms with Gasteiger partial charge in [-0.15, -0.1) is 11.3 Å². The van der Waals surface area contributed by atoms with Crippen molar-refractivity contribution < 1.29 is 0 Å². The largest absolute Gasteiger partial charge is 0.328 e. The maximum atomic E-state index is 5.62. The van der Waals surface area contributed by atoms with Gasteiger partial charge < -0.3 is 5.73 Å². The summed E-state index contributed by atoms with van der Waals surface area (Å²) in [6, 6.07) is 2.38. The molecule has 0 aromatic carbocycles. The smallest absolute Gasteiger partial charge is 0.0701 e. The number of halogens is 1. The molecule has 1 aromatic heterocycles. The Morgan fingerprint density at radius 3 is 2.90 bits per heavy atom. The minimum Gasteiger partial charge on any atom is -0.328 e. The van der Waals surface area contributed by atoms with Crippen molar-refractivity contribution in [2.45, 2.75) is 19.4 Å². The topological polar surface area (TPSA) is 26.0 Å². The minimum atomic E-state index is 0.265. The summed E-state index contributed by atoms with van der Waals surface area (Å²) in [4.78, 5) is 0. The van der Waals surface area contributed by atoms with Gasteiger partial charge in [0.1, 0.15) is 0 Å². The van der Waals surface area contributed by atoms with Crippen molar-refractivity contribution in [3.05, 3.63) is 20.8 Å². The molecular formula is C7H10BrNS. The Morgan fingerprint density at radius 1 is 1.80 bits per heavy atom. The van der Waals surface area contributed by atoms with Gasteiger partial charge in [-0.1, -0.05) is 0 Å². The lowest BCUT2D eigenvalue weighted by Crippen LogP contribution is -2.17. The summed E-state index contributed by atoms with van der Waals surface area (Å²) in [5, 5.41) is 2.13. The molecule has 1 atom stereocenters. The van der Waals surface area contributed by atoms with Crippen LogP contribution >= 0.6 is 27.3 Å². The van der Waals surface area contributed by atoms with Crippen LogP contribution in [-0.2, 0) is 6.42 Å². The summed E-state index contributed by atoms with van der Waals surface area (Å²) in [5.74, 6) is 0. The highest BCUT2D eigenvalue weighted by Gasteiger charge is 1.99. The van der Waals surface area contributed by atoms with Crippen molar-refractivity contribution in [2.24, 2.45) is 5.73 Å². The molecule has 2 N–H and O–H groups in total. The predicted molar refractivity (Wildman–Crippen MR) is 49.4 cm³/mol. The third-order valence-electron chi connectivity index (χ3n) is 1.18. The fraction of sp³-hybridized carbons (Fsp3) is 0.429. The van der Waals surface area contributed by atoms with E-state index in [-0.39, 0.29) is 6.04 Å². The highest BCUT2D eigenvalue weighted by atomic mass is 79.9. The first-order valence-corrected chi connectivity index (χ1v) is 4.84. The summed E-state index contributed by atoms with van der Waals surface area (Å²) in [6.45, 7) is 2.02. The number of thiophene rings is 1. The molecule has 1 unspecified atom stereocenters. The fourth-order valence-electron chi connectivity index (χ4n) is 0.825. The molecule has 1 nitrogen and oxygen atoms in total. The lowest BCUT2D eigenvalue weighted by molar-refractivity contribution is 0.740. The van der Waals surface area contributed by atoms with Gasteiger partial charge in [0, 0.05) is 6.04 Å². The Balaban J connectivity index is 2.58. The molecule has 0 saturated carbocycles. The summed E-state index contributed by atoms with van der Waals surface area (Å²) < 4.78 is 1.18. The van der Waals surface area contributed by atoms with Gasteiger partial charge in [0.15, 0.2) is 0 Å². The second kappa shape index (κ2) is 3.51. The number of nitrogens with two attached hydrogens (primary N) is 1. The monoisotopic (exact) mass is 219 g/mol. The number of rotatable bonds is 2. The zero-order chi connectivity index (χ0) is 7.56. The van der Waals surface area contributed by atoms with Gasteiger partial charge in [0.25, 0.3) is 0 Å². The van der Waals surface area contributed by atoms with E-state index in [1.165, 1.54) is 9.35 Å². The van der Waals surface area contributed by atoms with Crippen LogP contribution in [0.2, 0.25) is 0 Å². The van der Waals surface area contributed by atoms with Crippen LogP contribution in [0.25, 0.3) is 0 Å². The van der Waals surface area contributed by atoms with Gasteiger partial charge in [-0.2, -0.15) is 0 Å². The highest BCUT2D eigenvalue weighted by Crippen LogP contribution is 2.21. The van der Waals surface area contributed by atoms with Crippen LogP contribution < -0.4 is 5.73 Å². The Morgan fingerprint density at radius 2 is 2.50 bits per heavy atom. The third kappa shape index (κ3) is 2.40. The SMILES string of the molecule is CC(N)Cc1csc(Br)c1. The standard InChI is InChI=1S/C7H10BrNS/c1-5(9)2-6-3-7(8)10-4-6/h3-5H,2,9H2,1H3. The van der Waals surface area contributed by atoms with E-state index in [0.717, 1.165) is 6.42 Å². The van der Waals surface area contributed by atoms with E-state index in [1.807, 2.05) is 6.92 Å². The quantitative estimate of drug-likeness (QED) is 0.813. The van der Waals surface area contributed by atoms with Crippen LogP contribution in [0.3, 0.4) is 0 Å². The highest BCUT2D eigenvalue weighted by molar-refractivity contribution is 9.11. The van der Waals surface area contributed by atoms with Crippen LogP contribution in [-0.4, -0.2) is 6.04 Å². The van der Waals surface area contributed by atoms with Gasteiger partial charge in [0.2, 0.25) is 0 Å². The van der Waals surface area contributed by atoms with Crippen LogP contribution in [0.1, 0.15) is 12.5 Å². The van der Waals surface area contributed by atoms with Gasteiger partial charge in [-0.25, -0.2) is 0 Å². The van der Waals surface area contributed by atoms with E-state index in [2.05, 4.69) is 27.4 Å². The summed E-state index contributed by atoms with van der Waals surface area (Å²) in [6.07, 6.45) is 0.974. The normalized spacial score (nSPS) is 13.5. The first-order chi connectivity index (χ1) is 4.68. The number of hydrogen-bond acceptors (Lipinski definition) is 2. The average molecular weight is 220 g/mol. The first kappa shape index (κ1) is 8.24. The van der Waals surface area contributed by atoms with E-state index < -0.39 is 0 Å². The number of hydrogen-bond donors (Lipinski definition) is 1. The Bertz CT molecular complexity index is 207. The lowest BCUT2D eigenvalue weighted by atomic mass is 10.1. The molecule has 0 fully saturated rings. The van der Waals surface area contributed by atoms with Gasteiger partial charge in [0.05, 0.1) is 3.79 Å². The molecule has 0 spiro atoms. The van der Waals surface area contributed by atoms with Crippen molar-refractivity contribution in [2.75, 3.05) is 0 Å². The second-order valence-corrected chi connectivity index (χ2v) is 4.73. The molecule has 10 heavy (non-hydrogen) atoms. The predicted octanol–water partition coefficient (Wildman–Crippen LogP) is 2.40. The molecule has 56 valence electrons. The summed E-state index contributed by atoms with van der Waals surface area (Å²) in [7, 11) is 0. The molecule has 1 aromatic rings. The van der Waals surface area contributed by atoms with E-state index in [1.54, 1.807) is 11.3 Å². The van der Waals surface area contributed by atoms with E-state index in [4.69, 9.17) is 5.73 Å². The zero-order valence-corrected chi connectivity index (χ0v) is 8.21. The molecular weight excluding hydrogens is 210 g/mol. The lowest BCUT2D eigenvalue weighted by Gasteiger charge is -1.99. The minimum absolute atomic E-state index is 0.265. The van der Waals surface area contributed by atoms with Gasteiger partial charge >= 0.3 is 0 Å². The molecule has 0 bridgehead atoms. The molecule has 3 heteroatoms. The zero-order valence-electron chi connectivity index (χ0n) is 5.80. The van der Waals surface area contributed by atoms with Crippen molar-refractivity contribution in [3.8, 4) is 0 Å². The molecule has 0 aliphatic carbocycles. The molecule has 1 heterocycles. The fourth-order valence-corrected chi connectivity index (χ4v) is 2.05. The van der Waals surface area contributed by atoms with Crippen LogP contribution in [0.5, 0.6) is 0 Å². The average Bonchev–Trinajstić information content (AvgIpc) is 2.13. The molecule has 1 rings (SSSR count). The third-order valence-corrected chi connectivity index (χ3v) is 2.73. The van der Waals surface area contributed by atoms with E-state index in [9.17, 15) is 0 Å². The van der Waals surface area contributed by atoms with Crippen molar-refractivity contribution >= 4 is 27.3 Å². The van der Waals surface area contributed by atoms with Crippen LogP contribution in [0.15, 0.2) is 15.2 Å². The van der Waals surface area contributed by atoms with Gasteiger partial charge in [-0.05, 0) is 46.3 Å². The summed E-state index contributed by atoms with van der Waals surface area (Å²) >= 11 is 5.11. The van der Waals surface area contributed by atoms with Crippen molar-refractivity contribution in [1.29, 1.82) is 0 Å². The molecule has 0 amide bonds. The Hall–Kier alpha value is 0.140. The Labute approximate surface area is 73.4 Å². The maximum absolute atomic E-state index is 5.62. The molecule has 0 aliphatic rings. The second-order valence-electron chi connectivity index (χ2n) is 2.44. The molecule has 0 aliphatic heterocycles. The maximum Gasteiger partial charge on any atom is 0.0701 e.